The molecule has 0 aromatic heterocycles. The molecule has 0 unspecified atom stereocenters. The van der Waals surface area contributed by atoms with Crippen molar-refractivity contribution in [2.75, 3.05) is 23.9 Å². The van der Waals surface area contributed by atoms with Crippen molar-refractivity contribution in [2.24, 2.45) is 0 Å². The second kappa shape index (κ2) is 11.0. The highest BCUT2D eigenvalue weighted by molar-refractivity contribution is 7.99. The molecule has 0 radical (unpaired) electrons. The zero-order chi connectivity index (χ0) is 25.9. The molecule has 2 rings (SSSR count). The summed E-state index contributed by atoms with van der Waals surface area (Å²) in [5.41, 5.74) is -6.10. The number of amides is 1. The van der Waals surface area contributed by atoms with Crippen LogP contribution in [-0.4, -0.2) is 35.7 Å². The zero-order valence-electron chi connectivity index (χ0n) is 17.2. The van der Waals surface area contributed by atoms with E-state index in [4.69, 9.17) is 34.8 Å². The lowest BCUT2D eigenvalue weighted by Crippen LogP contribution is -2.47. The van der Waals surface area contributed by atoms with Gasteiger partial charge in [-0.25, -0.2) is 0 Å². The molecule has 0 saturated heterocycles. The number of thioether (sulfide) groups is 1. The maximum absolute atomic E-state index is 13.8. The predicted molar refractivity (Wildman–Crippen MR) is 122 cm³/mol. The van der Waals surface area contributed by atoms with Gasteiger partial charge in [0.15, 0.2) is 0 Å². The lowest BCUT2D eigenvalue weighted by molar-refractivity contribution is -0.260. The Bertz CT molecular complexity index is 1030. The van der Waals surface area contributed by atoms with Gasteiger partial charge >= 0.3 is 12.4 Å². The van der Waals surface area contributed by atoms with E-state index in [1.165, 1.54) is 11.8 Å². The quantitative estimate of drug-likeness (QED) is 0.251. The molecule has 0 fully saturated rings. The minimum atomic E-state index is -5.26. The molecule has 1 amide bonds. The second-order valence-corrected chi connectivity index (χ2v) is 9.10. The van der Waals surface area contributed by atoms with Crippen LogP contribution in [0.2, 0.25) is 15.1 Å². The summed E-state index contributed by atoms with van der Waals surface area (Å²) in [6.07, 6.45) is -8.46. The van der Waals surface area contributed by atoms with Crippen LogP contribution in [-0.2, 0) is 23.1 Å². The van der Waals surface area contributed by atoms with E-state index in [1.807, 2.05) is 0 Å². The van der Waals surface area contributed by atoms with E-state index < -0.39 is 48.1 Å². The topological polar surface area (TPSA) is 61.4 Å². The van der Waals surface area contributed by atoms with Gasteiger partial charge in [0, 0.05) is 12.2 Å². The fourth-order valence-corrected chi connectivity index (χ4v) is 3.83. The molecule has 188 valence electrons. The molecule has 0 bridgehead atoms. The van der Waals surface area contributed by atoms with Gasteiger partial charge in [0.2, 0.25) is 11.5 Å². The molecule has 3 N–H and O–H groups in total. The van der Waals surface area contributed by atoms with Gasteiger partial charge in [0.25, 0.3) is 0 Å². The average Bonchev–Trinajstić information content (AvgIpc) is 2.73. The van der Waals surface area contributed by atoms with Crippen LogP contribution in [0.4, 0.5) is 32.0 Å². The van der Waals surface area contributed by atoms with Gasteiger partial charge in [0.05, 0.1) is 32.9 Å². The number of anilines is 1. The van der Waals surface area contributed by atoms with E-state index in [-0.39, 0.29) is 32.1 Å². The van der Waals surface area contributed by atoms with Crippen LogP contribution in [0.15, 0.2) is 30.3 Å². The number of alkyl halides is 6. The Morgan fingerprint density at radius 3 is 2.12 bits per heavy atom. The van der Waals surface area contributed by atoms with E-state index in [2.05, 4.69) is 10.6 Å². The molecule has 0 aliphatic carbocycles. The van der Waals surface area contributed by atoms with Crippen LogP contribution >= 0.6 is 46.6 Å². The number of hydrogen-bond acceptors (Lipinski definition) is 4. The van der Waals surface area contributed by atoms with Crippen LogP contribution in [0.3, 0.4) is 0 Å². The Kier molecular flexibility index (Phi) is 9.31. The number of aliphatic hydroxyl groups is 1. The molecule has 0 aliphatic heterocycles. The first-order chi connectivity index (χ1) is 15.6. The largest absolute Gasteiger partial charge is 0.423 e. The predicted octanol–water partition coefficient (Wildman–Crippen LogP) is 6.51. The molecule has 0 saturated carbocycles. The SMILES string of the molecule is CSCC(=O)NCc1ccc(NC[C@](O)(c2cc(Cl)c(Cl)c(Cl)c2)C(F)(F)F)cc1C(F)(F)F. The highest BCUT2D eigenvalue weighted by Crippen LogP contribution is 2.43. The first kappa shape index (κ1) is 28.7. The zero-order valence-corrected chi connectivity index (χ0v) is 20.3. The third-order valence-electron chi connectivity index (χ3n) is 4.65. The third kappa shape index (κ3) is 6.78. The van der Waals surface area contributed by atoms with Gasteiger partial charge in [0.1, 0.15) is 0 Å². The van der Waals surface area contributed by atoms with Gasteiger partial charge in [-0.3, -0.25) is 4.79 Å². The lowest BCUT2D eigenvalue weighted by atomic mass is 9.92. The Labute approximate surface area is 209 Å². The smallest absolute Gasteiger partial charge is 0.381 e. The molecule has 0 aliphatic rings. The molecular formula is C20H17Cl3F6N2O2S. The number of benzene rings is 2. The molecule has 2 aromatic rings. The third-order valence-corrected chi connectivity index (χ3v) is 6.39. The maximum Gasteiger partial charge on any atom is 0.423 e. The normalized spacial score (nSPS) is 14.0. The van der Waals surface area contributed by atoms with E-state index in [1.54, 1.807) is 6.26 Å². The number of halogens is 9. The first-order valence-electron chi connectivity index (χ1n) is 9.24. The van der Waals surface area contributed by atoms with E-state index in [9.17, 15) is 36.2 Å². The van der Waals surface area contributed by atoms with Crippen LogP contribution in [0.1, 0.15) is 16.7 Å². The summed E-state index contributed by atoms with van der Waals surface area (Å²) in [5.74, 6) is -0.422. The van der Waals surface area contributed by atoms with Crippen molar-refractivity contribution in [1.29, 1.82) is 0 Å². The Morgan fingerprint density at radius 1 is 1.03 bits per heavy atom. The Balaban J connectivity index is 2.36. The van der Waals surface area contributed by atoms with Gasteiger partial charge in [-0.1, -0.05) is 40.9 Å². The summed E-state index contributed by atoms with van der Waals surface area (Å²) in [4.78, 5) is 11.6. The Morgan fingerprint density at radius 2 is 1.62 bits per heavy atom. The summed E-state index contributed by atoms with van der Waals surface area (Å²) < 4.78 is 82.0. The molecular weight excluding hydrogens is 553 g/mol. The summed E-state index contributed by atoms with van der Waals surface area (Å²) >= 11 is 18.5. The van der Waals surface area contributed by atoms with Crippen molar-refractivity contribution >= 4 is 58.2 Å². The summed E-state index contributed by atoms with van der Waals surface area (Å²) in [6, 6.07) is 4.25. The van der Waals surface area contributed by atoms with Crippen LogP contribution in [0, 0.1) is 0 Å². The molecule has 2 aromatic carbocycles. The van der Waals surface area contributed by atoms with E-state index in [0.717, 1.165) is 24.3 Å². The van der Waals surface area contributed by atoms with Gasteiger partial charge in [-0.15, -0.1) is 0 Å². The molecule has 1 atom stereocenters. The van der Waals surface area contributed by atoms with E-state index in [0.29, 0.717) is 6.07 Å². The summed E-state index contributed by atoms with van der Waals surface area (Å²) in [5, 5.41) is 14.1. The molecule has 0 spiro atoms. The average molecular weight is 570 g/mol. The highest BCUT2D eigenvalue weighted by Gasteiger charge is 2.55. The lowest BCUT2D eigenvalue weighted by Gasteiger charge is -2.32. The van der Waals surface area contributed by atoms with Crippen LogP contribution in [0.25, 0.3) is 0 Å². The minimum Gasteiger partial charge on any atom is -0.381 e. The van der Waals surface area contributed by atoms with Crippen molar-refractivity contribution in [3.8, 4) is 0 Å². The number of carbonyl (C=O) groups is 1. The van der Waals surface area contributed by atoms with E-state index >= 15 is 0 Å². The maximum atomic E-state index is 13.8. The van der Waals surface area contributed by atoms with Gasteiger partial charge in [-0.2, -0.15) is 38.1 Å². The summed E-state index contributed by atoms with van der Waals surface area (Å²) in [7, 11) is 0. The van der Waals surface area contributed by atoms with Gasteiger partial charge < -0.3 is 15.7 Å². The second-order valence-electron chi connectivity index (χ2n) is 7.04. The monoisotopic (exact) mass is 568 g/mol. The van der Waals surface area contributed by atoms with Gasteiger partial charge in [-0.05, 0) is 41.6 Å². The fourth-order valence-electron chi connectivity index (χ4n) is 2.87. The molecule has 34 heavy (non-hydrogen) atoms. The van der Waals surface area contributed by atoms with Crippen molar-refractivity contribution in [2.45, 2.75) is 24.5 Å². The van der Waals surface area contributed by atoms with Crippen molar-refractivity contribution in [3.63, 3.8) is 0 Å². The summed E-state index contributed by atoms with van der Waals surface area (Å²) in [6.45, 7) is -1.69. The molecule has 4 nitrogen and oxygen atoms in total. The first-order valence-corrected chi connectivity index (χ1v) is 11.8. The van der Waals surface area contributed by atoms with Crippen molar-refractivity contribution in [3.05, 3.63) is 62.1 Å². The number of rotatable bonds is 8. The fraction of sp³-hybridized carbons (Fsp3) is 0.350. The standard InChI is InChI=1S/C20H17Cl3F6N2O2S/c1-34-8-16(32)30-7-10-2-3-12(6-13(10)19(24,25)26)31-9-18(33,20(27,28)29)11-4-14(21)17(23)15(22)5-11/h2-6,31,33H,7-9H2,1H3,(H,30,32)/t18-/m0/s1. The minimum absolute atomic E-state index is 0.0513. The van der Waals surface area contributed by atoms with Crippen LogP contribution < -0.4 is 10.6 Å². The van der Waals surface area contributed by atoms with Crippen LogP contribution in [0.5, 0.6) is 0 Å². The number of hydrogen-bond donors (Lipinski definition) is 3. The van der Waals surface area contributed by atoms with Crippen molar-refractivity contribution in [1.82, 2.24) is 5.32 Å². The number of carbonyl (C=O) groups excluding carboxylic acids is 1. The number of nitrogens with one attached hydrogen (secondary N) is 2. The van der Waals surface area contributed by atoms with Crippen molar-refractivity contribution < 1.29 is 36.2 Å². The molecule has 14 heteroatoms. The molecule has 0 heterocycles. The Hall–Kier alpha value is -1.53. The highest BCUT2D eigenvalue weighted by atomic mass is 35.5.